The maximum atomic E-state index is 13.4. The summed E-state index contributed by atoms with van der Waals surface area (Å²) in [4.78, 5) is 71.3. The molecule has 1 aliphatic heterocycles. The van der Waals surface area contributed by atoms with Crippen LogP contribution in [0.3, 0.4) is 0 Å². The Morgan fingerprint density at radius 1 is 0.774 bits per heavy atom. The van der Waals surface area contributed by atoms with Gasteiger partial charge in [-0.25, -0.2) is 9.97 Å². The highest BCUT2D eigenvalue weighted by Crippen LogP contribution is 2.34. The second-order valence-electron chi connectivity index (χ2n) is 11.8. The molecule has 0 radical (unpaired) electrons. The monoisotopic (exact) mass is 766 g/mol. The number of hydrogen-bond donors (Lipinski definition) is 3. The van der Waals surface area contributed by atoms with Gasteiger partial charge in [-0.15, -0.1) is 11.3 Å². The van der Waals surface area contributed by atoms with Crippen molar-refractivity contribution in [3.8, 4) is 0 Å². The van der Waals surface area contributed by atoms with Crippen LogP contribution in [0.2, 0.25) is 0 Å². The third-order valence-corrected chi connectivity index (χ3v) is 9.74. The minimum Gasteiger partial charge on any atom is -0.379 e. The average Bonchev–Trinajstić information content (AvgIpc) is 3.83. The third kappa shape index (κ3) is 12.5. The van der Waals surface area contributed by atoms with E-state index in [1.54, 1.807) is 11.3 Å². The van der Waals surface area contributed by atoms with Gasteiger partial charge in [-0.05, 0) is 24.6 Å². The Morgan fingerprint density at radius 3 is 2.13 bits per heavy atom. The number of rotatable bonds is 23. The quantitative estimate of drug-likeness (QED) is 0.0745. The fraction of sp³-hybridized carbons (Fsp3) is 0.417. The first-order chi connectivity index (χ1) is 25.8. The summed E-state index contributed by atoms with van der Waals surface area (Å²) in [5.41, 5.74) is 2.54. The summed E-state index contributed by atoms with van der Waals surface area (Å²) in [7, 11) is 0. The van der Waals surface area contributed by atoms with Crippen LogP contribution in [-0.4, -0.2) is 116 Å². The van der Waals surface area contributed by atoms with Crippen LogP contribution < -0.4 is 16.0 Å². The zero-order valence-electron chi connectivity index (χ0n) is 29.3. The van der Waals surface area contributed by atoms with Gasteiger partial charge in [-0.3, -0.25) is 28.9 Å². The van der Waals surface area contributed by atoms with Crippen LogP contribution >= 0.6 is 22.7 Å². The first-order valence-corrected chi connectivity index (χ1v) is 18.8. The van der Waals surface area contributed by atoms with E-state index in [2.05, 4.69) is 25.9 Å². The van der Waals surface area contributed by atoms with Gasteiger partial charge in [0.1, 0.15) is 11.6 Å². The molecule has 0 saturated carbocycles. The molecule has 0 bridgehead atoms. The molecule has 17 heteroatoms. The maximum Gasteiger partial charge on any atom is 0.253 e. The van der Waals surface area contributed by atoms with E-state index in [0.29, 0.717) is 64.3 Å². The highest BCUT2D eigenvalue weighted by Gasteiger charge is 2.24. The smallest absolute Gasteiger partial charge is 0.253 e. The van der Waals surface area contributed by atoms with E-state index in [1.165, 1.54) is 23.5 Å². The largest absolute Gasteiger partial charge is 0.379 e. The lowest BCUT2D eigenvalue weighted by Gasteiger charge is -2.18. The van der Waals surface area contributed by atoms with Gasteiger partial charge in [0.25, 0.3) is 11.8 Å². The Balaban J connectivity index is 0.899. The number of imide groups is 1. The molecule has 53 heavy (non-hydrogen) atoms. The van der Waals surface area contributed by atoms with E-state index in [1.807, 2.05) is 49.4 Å². The molecular weight excluding hydrogens is 725 g/mol. The molecule has 0 saturated heterocycles. The molecule has 2 aromatic heterocycles. The van der Waals surface area contributed by atoms with Crippen molar-refractivity contribution >= 4 is 77.8 Å². The van der Waals surface area contributed by atoms with Gasteiger partial charge in [0.05, 0.1) is 72.8 Å². The highest BCUT2D eigenvalue weighted by molar-refractivity contribution is 7.24. The van der Waals surface area contributed by atoms with Crippen LogP contribution in [0.25, 0.3) is 20.4 Å². The molecule has 1 atom stereocenters. The lowest BCUT2D eigenvalue weighted by Crippen LogP contribution is -2.45. The van der Waals surface area contributed by atoms with Gasteiger partial charge in [-0.1, -0.05) is 41.7 Å². The molecule has 0 spiro atoms. The third-order valence-electron chi connectivity index (χ3n) is 7.81. The first kappa shape index (κ1) is 39.6. The fourth-order valence-electron chi connectivity index (χ4n) is 5.20. The summed E-state index contributed by atoms with van der Waals surface area (Å²) in [6.45, 7) is 4.80. The summed E-state index contributed by atoms with van der Waals surface area (Å²) in [5.74, 6) is -1.77. The Morgan fingerprint density at radius 2 is 1.43 bits per heavy atom. The van der Waals surface area contributed by atoms with Crippen LogP contribution in [0.4, 0.5) is 5.13 Å². The van der Waals surface area contributed by atoms with Crippen molar-refractivity contribution in [1.29, 1.82) is 0 Å². The molecule has 1 aliphatic rings. The normalized spacial score (nSPS) is 13.3. The van der Waals surface area contributed by atoms with Crippen LogP contribution in [0.1, 0.15) is 23.4 Å². The summed E-state index contributed by atoms with van der Waals surface area (Å²) in [6, 6.07) is 12.6. The van der Waals surface area contributed by atoms with Crippen LogP contribution in [0, 0.1) is 6.92 Å². The average molecular weight is 767 g/mol. The molecule has 15 nitrogen and oxygen atoms in total. The molecule has 2 aromatic carbocycles. The van der Waals surface area contributed by atoms with Gasteiger partial charge < -0.3 is 34.9 Å². The van der Waals surface area contributed by atoms with Gasteiger partial charge in [0, 0.05) is 44.5 Å². The number of fused-ring (bicyclic) bond motifs is 3. The number of amides is 5. The van der Waals surface area contributed by atoms with Crippen LogP contribution in [0.5, 0.6) is 0 Å². The molecule has 0 unspecified atom stereocenters. The second kappa shape index (κ2) is 20.6. The van der Waals surface area contributed by atoms with E-state index in [0.717, 1.165) is 35.9 Å². The molecule has 0 aliphatic carbocycles. The van der Waals surface area contributed by atoms with Crippen LogP contribution in [0.15, 0.2) is 54.6 Å². The van der Waals surface area contributed by atoms with Crippen molar-refractivity contribution in [3.05, 3.63) is 65.2 Å². The van der Waals surface area contributed by atoms with E-state index in [4.69, 9.17) is 18.9 Å². The Kier molecular flexibility index (Phi) is 15.3. The number of aryl methyl sites for hydroxylation is 1. The molecule has 5 rings (SSSR count). The van der Waals surface area contributed by atoms with E-state index < -0.39 is 17.9 Å². The maximum absolute atomic E-state index is 13.4. The van der Waals surface area contributed by atoms with Crippen molar-refractivity contribution in [2.45, 2.75) is 32.2 Å². The predicted molar refractivity (Wildman–Crippen MR) is 200 cm³/mol. The summed E-state index contributed by atoms with van der Waals surface area (Å²) in [6.07, 6.45) is 2.79. The summed E-state index contributed by atoms with van der Waals surface area (Å²) < 4.78 is 23.9. The number of nitrogens with one attached hydrogen (secondary N) is 3. The van der Waals surface area contributed by atoms with Crippen molar-refractivity contribution in [3.63, 3.8) is 0 Å². The van der Waals surface area contributed by atoms with Gasteiger partial charge >= 0.3 is 0 Å². The van der Waals surface area contributed by atoms with E-state index >= 15 is 0 Å². The summed E-state index contributed by atoms with van der Waals surface area (Å²) in [5, 5.41) is 9.83. The van der Waals surface area contributed by atoms with Crippen molar-refractivity contribution in [2.75, 3.05) is 71.3 Å². The zero-order chi connectivity index (χ0) is 37.4. The molecule has 4 aromatic rings. The van der Waals surface area contributed by atoms with Gasteiger partial charge in [0.15, 0.2) is 5.13 Å². The first-order valence-electron chi connectivity index (χ1n) is 17.2. The highest BCUT2D eigenvalue weighted by atomic mass is 32.1. The molecule has 0 fully saturated rings. The number of carbonyl (C=O) groups excluding carboxylic acids is 5. The van der Waals surface area contributed by atoms with Crippen molar-refractivity contribution < 1.29 is 42.9 Å². The SMILES string of the molecule is Cc1nc2c(ccc3nc(NC(=O)[C@H](Cc4ccccc4)NC(=O)CCOCCOCCOCCOCCNC(=O)CCN4C(=O)C=CC4=O)sc32)s1. The lowest BCUT2D eigenvalue weighted by atomic mass is 10.1. The number of ether oxygens (including phenoxy) is 4. The predicted octanol–water partition coefficient (Wildman–Crippen LogP) is 2.77. The number of benzene rings is 2. The fourth-order valence-corrected chi connectivity index (χ4v) is 7.06. The van der Waals surface area contributed by atoms with E-state index in [-0.39, 0.29) is 43.7 Å². The summed E-state index contributed by atoms with van der Waals surface area (Å²) >= 11 is 2.97. The second-order valence-corrected chi connectivity index (χ2v) is 14.0. The zero-order valence-corrected chi connectivity index (χ0v) is 30.9. The number of nitrogens with zero attached hydrogens (tertiary/aromatic N) is 3. The van der Waals surface area contributed by atoms with E-state index in [9.17, 15) is 24.0 Å². The number of anilines is 1. The number of hydrogen-bond acceptors (Lipinski definition) is 13. The standard InChI is InChI=1S/C36H42N6O9S2/c1-24-38-33-28(52-24)8-7-26-34(33)53-36(40-26)41-35(47)27(23-25-5-3-2-4-6-25)39-30(44)12-15-48-17-19-50-21-22-51-20-18-49-16-13-37-29(43)11-14-42-31(45)9-10-32(42)46/h2-10,27H,11-23H2,1H3,(H,37,43)(H,39,44)(H,40,41,47)/t27-/m0/s1. The molecule has 3 N–H and O–H groups in total. The number of thiazole rings is 2. The van der Waals surface area contributed by atoms with Gasteiger partial charge in [-0.2, -0.15) is 0 Å². The van der Waals surface area contributed by atoms with Gasteiger partial charge in [0.2, 0.25) is 17.7 Å². The Bertz CT molecular complexity index is 1880. The minimum atomic E-state index is -0.816. The molecular formula is C36H42N6O9S2. The Labute approximate surface area is 314 Å². The number of aromatic nitrogens is 2. The molecule has 282 valence electrons. The van der Waals surface area contributed by atoms with Crippen molar-refractivity contribution in [1.82, 2.24) is 25.5 Å². The Hall–Kier alpha value is -4.65. The molecule has 5 amide bonds. The lowest BCUT2D eigenvalue weighted by molar-refractivity contribution is -0.137. The minimum absolute atomic E-state index is 0.0308. The van der Waals surface area contributed by atoms with Crippen LogP contribution in [-0.2, 0) is 49.3 Å². The number of carbonyl (C=O) groups is 5. The topological polar surface area (TPSA) is 187 Å². The molecule has 3 heterocycles. The van der Waals surface area contributed by atoms with Crippen molar-refractivity contribution in [2.24, 2.45) is 0 Å².